The van der Waals surface area contributed by atoms with Crippen LogP contribution in [0.3, 0.4) is 0 Å². The number of hydrogen-bond acceptors (Lipinski definition) is 4. The van der Waals surface area contributed by atoms with E-state index in [0.717, 1.165) is 6.67 Å². The van der Waals surface area contributed by atoms with Gasteiger partial charge in [-0.3, -0.25) is 4.55 Å². The summed E-state index contributed by atoms with van der Waals surface area (Å²) in [5.41, 5.74) is 0.315. The number of hydrogen-bond donors (Lipinski definition) is 1. The molecule has 0 atom stereocenters. The maximum absolute atomic E-state index is 10.4. The minimum atomic E-state index is -4.00. The van der Waals surface area contributed by atoms with Gasteiger partial charge in [0.1, 0.15) is 0 Å². The first-order chi connectivity index (χ1) is 10.2. The Kier molecular flexibility index (Phi) is 6.44. The average Bonchev–Trinajstić information content (AvgIpc) is 2.87. The molecule has 5 nitrogen and oxygen atoms in total. The first kappa shape index (κ1) is 18.5. The molecule has 124 valence electrons. The second-order valence-corrected chi connectivity index (χ2v) is 7.44. The summed E-state index contributed by atoms with van der Waals surface area (Å²) in [5, 5.41) is 0. The fraction of sp³-hybridized carbons (Fsp3) is 0.500. The Morgan fingerprint density at radius 1 is 1.18 bits per heavy atom. The van der Waals surface area contributed by atoms with Gasteiger partial charge in [0.25, 0.3) is 10.1 Å². The van der Waals surface area contributed by atoms with Crippen molar-refractivity contribution in [3.63, 3.8) is 0 Å². The fourth-order valence-electron chi connectivity index (χ4n) is 2.27. The molecule has 0 aromatic heterocycles. The van der Waals surface area contributed by atoms with Crippen LogP contribution in [0.2, 0.25) is 0 Å². The van der Waals surface area contributed by atoms with Gasteiger partial charge in [-0.05, 0) is 32.4 Å². The lowest BCUT2D eigenvalue weighted by Crippen LogP contribution is -2.41. The van der Waals surface area contributed by atoms with E-state index < -0.39 is 10.1 Å². The van der Waals surface area contributed by atoms with E-state index in [1.54, 1.807) is 18.2 Å². The van der Waals surface area contributed by atoms with Crippen molar-refractivity contribution in [1.29, 1.82) is 0 Å². The molecule has 0 saturated carbocycles. The van der Waals surface area contributed by atoms with Crippen LogP contribution in [-0.2, 0) is 10.1 Å². The molecule has 1 aromatic carbocycles. The zero-order valence-corrected chi connectivity index (χ0v) is 14.5. The molecule has 0 bridgehead atoms. The SMILES string of the molecule is CCCC(C)(C)N1C=CN(C)C1.O=S(=O)(O)c1ccccc1. The predicted molar refractivity (Wildman–Crippen MR) is 88.9 cm³/mol. The quantitative estimate of drug-likeness (QED) is 0.861. The lowest BCUT2D eigenvalue weighted by Gasteiger charge is -2.36. The molecule has 1 aliphatic heterocycles. The van der Waals surface area contributed by atoms with E-state index in [9.17, 15) is 8.42 Å². The highest BCUT2D eigenvalue weighted by atomic mass is 32.2. The van der Waals surface area contributed by atoms with Crippen molar-refractivity contribution in [2.45, 2.75) is 44.0 Å². The van der Waals surface area contributed by atoms with Crippen molar-refractivity contribution < 1.29 is 13.0 Å². The lowest BCUT2D eigenvalue weighted by atomic mass is 9.97. The molecule has 22 heavy (non-hydrogen) atoms. The van der Waals surface area contributed by atoms with Crippen LogP contribution < -0.4 is 0 Å². The molecular formula is C16H26N2O3S. The molecule has 0 radical (unpaired) electrons. The van der Waals surface area contributed by atoms with Gasteiger partial charge in [-0.15, -0.1) is 0 Å². The normalized spacial score (nSPS) is 14.8. The maximum atomic E-state index is 10.4. The Hall–Kier alpha value is -1.53. The van der Waals surface area contributed by atoms with Crippen molar-refractivity contribution in [2.75, 3.05) is 13.7 Å². The summed E-state index contributed by atoms with van der Waals surface area (Å²) in [5.74, 6) is 0. The molecule has 1 aliphatic rings. The third-order valence-corrected chi connectivity index (χ3v) is 4.42. The van der Waals surface area contributed by atoms with E-state index in [2.05, 4.69) is 50.0 Å². The molecule has 2 rings (SSSR count). The third kappa shape index (κ3) is 5.69. The Labute approximate surface area is 134 Å². The molecular weight excluding hydrogens is 300 g/mol. The molecule has 0 spiro atoms. The van der Waals surface area contributed by atoms with Crippen LogP contribution in [0.4, 0.5) is 0 Å². The zero-order valence-electron chi connectivity index (χ0n) is 13.7. The highest BCUT2D eigenvalue weighted by Gasteiger charge is 2.25. The van der Waals surface area contributed by atoms with Crippen molar-refractivity contribution in [1.82, 2.24) is 9.80 Å². The Morgan fingerprint density at radius 2 is 1.77 bits per heavy atom. The van der Waals surface area contributed by atoms with E-state index in [-0.39, 0.29) is 4.90 Å². The highest BCUT2D eigenvalue weighted by Crippen LogP contribution is 2.23. The first-order valence-electron chi connectivity index (χ1n) is 7.34. The Morgan fingerprint density at radius 3 is 2.14 bits per heavy atom. The summed E-state index contributed by atoms with van der Waals surface area (Å²) in [6, 6.07) is 7.42. The molecule has 0 saturated heterocycles. The van der Waals surface area contributed by atoms with Crippen LogP contribution in [-0.4, -0.2) is 42.0 Å². The van der Waals surface area contributed by atoms with Gasteiger partial charge in [-0.2, -0.15) is 8.42 Å². The van der Waals surface area contributed by atoms with Gasteiger partial charge in [0.05, 0.1) is 11.6 Å². The van der Waals surface area contributed by atoms with Crippen LogP contribution >= 0.6 is 0 Å². The average molecular weight is 326 g/mol. The van der Waals surface area contributed by atoms with E-state index >= 15 is 0 Å². The largest absolute Gasteiger partial charge is 0.362 e. The van der Waals surface area contributed by atoms with Gasteiger partial charge in [-0.1, -0.05) is 31.5 Å². The molecule has 0 fully saturated rings. The van der Waals surface area contributed by atoms with E-state index in [1.807, 2.05) is 0 Å². The highest BCUT2D eigenvalue weighted by molar-refractivity contribution is 7.85. The molecule has 1 aromatic rings. The zero-order chi connectivity index (χ0) is 16.8. The van der Waals surface area contributed by atoms with Crippen LogP contribution in [0.5, 0.6) is 0 Å². The van der Waals surface area contributed by atoms with Gasteiger partial charge in [0.15, 0.2) is 0 Å². The molecule has 0 amide bonds. The van der Waals surface area contributed by atoms with Crippen molar-refractivity contribution >= 4 is 10.1 Å². The Bertz CT molecular complexity index is 583. The second kappa shape index (κ2) is 7.65. The van der Waals surface area contributed by atoms with E-state index in [4.69, 9.17) is 4.55 Å². The smallest absolute Gasteiger partial charge is 0.294 e. The predicted octanol–water partition coefficient (Wildman–Crippen LogP) is 3.17. The molecule has 6 heteroatoms. The van der Waals surface area contributed by atoms with Crippen LogP contribution in [0, 0.1) is 0 Å². The summed E-state index contributed by atoms with van der Waals surface area (Å²) in [6.45, 7) is 7.89. The number of rotatable bonds is 4. The van der Waals surface area contributed by atoms with Crippen LogP contribution in [0.1, 0.15) is 33.6 Å². The fourth-order valence-corrected chi connectivity index (χ4v) is 2.77. The number of benzene rings is 1. The van der Waals surface area contributed by atoms with Gasteiger partial charge >= 0.3 is 0 Å². The van der Waals surface area contributed by atoms with Gasteiger partial charge in [-0.25, -0.2) is 0 Å². The molecule has 0 aliphatic carbocycles. The summed E-state index contributed by atoms with van der Waals surface area (Å²) < 4.78 is 29.2. The number of nitrogens with zero attached hydrogens (tertiary/aromatic N) is 2. The summed E-state index contributed by atoms with van der Waals surface area (Å²) in [4.78, 5) is 4.53. The van der Waals surface area contributed by atoms with E-state index in [1.165, 1.54) is 25.0 Å². The van der Waals surface area contributed by atoms with Crippen molar-refractivity contribution in [3.05, 3.63) is 42.7 Å². The van der Waals surface area contributed by atoms with Crippen LogP contribution in [0.25, 0.3) is 0 Å². The van der Waals surface area contributed by atoms with E-state index in [0.29, 0.717) is 5.54 Å². The standard InChI is InChI=1S/C10H20N2.C6H6O3S/c1-5-6-10(2,3)12-8-7-11(4)9-12;7-10(8,9)6-4-2-1-3-5-6/h7-8H,5-6,9H2,1-4H3;1-5H,(H,7,8,9). The molecule has 1 heterocycles. The van der Waals surface area contributed by atoms with Crippen molar-refractivity contribution in [3.8, 4) is 0 Å². The maximum Gasteiger partial charge on any atom is 0.294 e. The van der Waals surface area contributed by atoms with Crippen molar-refractivity contribution in [2.24, 2.45) is 0 Å². The summed E-state index contributed by atoms with van der Waals surface area (Å²) in [7, 11) is -1.89. The summed E-state index contributed by atoms with van der Waals surface area (Å²) in [6.07, 6.45) is 6.83. The Balaban J connectivity index is 0.000000224. The first-order valence-corrected chi connectivity index (χ1v) is 8.78. The van der Waals surface area contributed by atoms with Gasteiger partial charge < -0.3 is 9.80 Å². The molecule has 0 unspecified atom stereocenters. The van der Waals surface area contributed by atoms with Gasteiger partial charge in [0.2, 0.25) is 0 Å². The third-order valence-electron chi connectivity index (χ3n) is 3.56. The minimum Gasteiger partial charge on any atom is -0.362 e. The monoisotopic (exact) mass is 326 g/mol. The minimum absolute atomic E-state index is 0.0741. The van der Waals surface area contributed by atoms with Gasteiger partial charge in [0, 0.05) is 25.0 Å². The summed E-state index contributed by atoms with van der Waals surface area (Å²) >= 11 is 0. The lowest BCUT2D eigenvalue weighted by molar-refractivity contribution is 0.146. The van der Waals surface area contributed by atoms with Crippen LogP contribution in [0.15, 0.2) is 47.6 Å². The second-order valence-electron chi connectivity index (χ2n) is 6.02. The molecule has 1 N–H and O–H groups in total. The topological polar surface area (TPSA) is 60.9 Å².